The van der Waals surface area contributed by atoms with Gasteiger partial charge in [-0.3, -0.25) is 4.79 Å². The van der Waals surface area contributed by atoms with E-state index in [-0.39, 0.29) is 17.4 Å². The Morgan fingerprint density at radius 3 is 2.44 bits per heavy atom. The van der Waals surface area contributed by atoms with E-state index in [0.717, 1.165) is 16.6 Å². The Morgan fingerprint density at radius 1 is 1.16 bits per heavy atom. The van der Waals surface area contributed by atoms with Crippen LogP contribution in [0.25, 0.3) is 10.9 Å². The van der Waals surface area contributed by atoms with Crippen LogP contribution in [0, 0.1) is 5.92 Å². The molecule has 1 aromatic carbocycles. The average molecular weight is 446 g/mol. The van der Waals surface area contributed by atoms with Crippen molar-refractivity contribution in [1.29, 1.82) is 0 Å². The molecule has 0 fully saturated rings. The molecule has 2 aromatic rings. The number of aromatic carboxylic acids is 1. The molecule has 0 saturated heterocycles. The van der Waals surface area contributed by atoms with Gasteiger partial charge < -0.3 is 25.5 Å². The minimum atomic E-state index is -1.09. The number of carbonyl (C=O) groups is 3. The van der Waals surface area contributed by atoms with Crippen LogP contribution in [0.1, 0.15) is 70.4 Å². The molecule has 0 aliphatic rings. The van der Waals surface area contributed by atoms with E-state index in [1.807, 2.05) is 19.9 Å². The smallest absolute Gasteiger partial charge is 0.408 e. The molecular weight excluding hydrogens is 410 g/mol. The van der Waals surface area contributed by atoms with E-state index in [9.17, 15) is 14.4 Å². The van der Waals surface area contributed by atoms with Gasteiger partial charge in [0.25, 0.3) is 0 Å². The van der Waals surface area contributed by atoms with Crippen molar-refractivity contribution < 1.29 is 24.2 Å². The first-order chi connectivity index (χ1) is 14.9. The average Bonchev–Trinajstić information content (AvgIpc) is 3.10. The lowest BCUT2D eigenvalue weighted by Gasteiger charge is -2.35. The van der Waals surface area contributed by atoms with Crippen LogP contribution in [-0.4, -0.2) is 45.7 Å². The van der Waals surface area contributed by atoms with Crippen LogP contribution in [-0.2, 0) is 16.0 Å². The van der Waals surface area contributed by atoms with Crippen molar-refractivity contribution in [3.63, 3.8) is 0 Å². The summed E-state index contributed by atoms with van der Waals surface area (Å²) in [6.45, 7) is 11.4. The number of aromatic amines is 1. The van der Waals surface area contributed by atoms with E-state index in [2.05, 4.69) is 15.6 Å². The Balaban J connectivity index is 1.95. The summed E-state index contributed by atoms with van der Waals surface area (Å²) in [4.78, 5) is 39.7. The monoisotopic (exact) mass is 445 g/mol. The van der Waals surface area contributed by atoms with Gasteiger partial charge in [-0.1, -0.05) is 20.3 Å². The molecule has 1 heterocycles. The molecule has 176 valence electrons. The molecule has 0 bridgehead atoms. The first kappa shape index (κ1) is 25.2. The molecule has 4 N–H and O–H groups in total. The van der Waals surface area contributed by atoms with Crippen LogP contribution >= 0.6 is 0 Å². The van der Waals surface area contributed by atoms with Gasteiger partial charge in [-0.2, -0.15) is 0 Å². The topological polar surface area (TPSA) is 121 Å². The summed E-state index contributed by atoms with van der Waals surface area (Å²) in [5, 5.41) is 15.7. The van der Waals surface area contributed by atoms with E-state index in [1.54, 1.807) is 45.9 Å². The number of carbonyl (C=O) groups excluding carboxylic acids is 2. The van der Waals surface area contributed by atoms with Crippen molar-refractivity contribution in [2.75, 3.05) is 6.54 Å². The third kappa shape index (κ3) is 6.48. The Kier molecular flexibility index (Phi) is 7.93. The highest BCUT2D eigenvalue weighted by Gasteiger charge is 2.40. The number of H-pyrrole nitrogens is 1. The fourth-order valence-electron chi connectivity index (χ4n) is 3.45. The van der Waals surface area contributed by atoms with Crippen LogP contribution in [0.2, 0.25) is 0 Å². The Morgan fingerprint density at radius 2 is 1.84 bits per heavy atom. The van der Waals surface area contributed by atoms with Crippen molar-refractivity contribution in [1.82, 2.24) is 15.6 Å². The molecular formula is C24H35N3O5. The minimum absolute atomic E-state index is 0.0906. The molecule has 2 atom stereocenters. The van der Waals surface area contributed by atoms with Crippen molar-refractivity contribution in [2.24, 2.45) is 5.92 Å². The number of rotatable bonds is 9. The van der Waals surface area contributed by atoms with Gasteiger partial charge in [0.1, 0.15) is 11.1 Å². The lowest BCUT2D eigenvalue weighted by molar-refractivity contribution is -0.129. The number of fused-ring (bicyclic) bond motifs is 1. The van der Waals surface area contributed by atoms with Crippen molar-refractivity contribution >= 4 is 28.9 Å². The highest BCUT2D eigenvalue weighted by molar-refractivity contribution is 5.93. The molecule has 8 heteroatoms. The summed E-state index contributed by atoms with van der Waals surface area (Å²) in [5.41, 5.74) is 0.345. The third-order valence-corrected chi connectivity index (χ3v) is 5.66. The van der Waals surface area contributed by atoms with Gasteiger partial charge in [-0.05, 0) is 70.7 Å². The van der Waals surface area contributed by atoms with Gasteiger partial charge in [0.05, 0.1) is 5.56 Å². The van der Waals surface area contributed by atoms with Crippen molar-refractivity contribution in [3.05, 3.63) is 35.5 Å². The van der Waals surface area contributed by atoms with Crippen molar-refractivity contribution in [2.45, 2.75) is 71.9 Å². The summed E-state index contributed by atoms with van der Waals surface area (Å²) >= 11 is 0. The van der Waals surface area contributed by atoms with Gasteiger partial charge in [-0.25, -0.2) is 9.59 Å². The Bertz CT molecular complexity index is 976. The zero-order valence-corrected chi connectivity index (χ0v) is 19.8. The van der Waals surface area contributed by atoms with Crippen LogP contribution < -0.4 is 10.6 Å². The number of nitrogens with one attached hydrogen (secondary N) is 3. The van der Waals surface area contributed by atoms with Gasteiger partial charge in [0.2, 0.25) is 5.91 Å². The summed E-state index contributed by atoms with van der Waals surface area (Å²) in [6.07, 6.45) is 1.48. The number of carboxylic acids is 1. The summed E-state index contributed by atoms with van der Waals surface area (Å²) < 4.78 is 5.34. The fraction of sp³-hybridized carbons (Fsp3) is 0.542. The van der Waals surface area contributed by atoms with E-state index >= 15 is 0 Å². The maximum atomic E-state index is 13.0. The largest absolute Gasteiger partial charge is 0.478 e. The van der Waals surface area contributed by atoms with Gasteiger partial charge in [-0.15, -0.1) is 0 Å². The second-order valence-electron chi connectivity index (χ2n) is 9.40. The molecule has 8 nitrogen and oxygen atoms in total. The molecule has 2 rings (SSSR count). The quantitative estimate of drug-likeness (QED) is 0.430. The first-order valence-corrected chi connectivity index (χ1v) is 11.0. The number of hydrogen-bond donors (Lipinski definition) is 4. The zero-order valence-electron chi connectivity index (χ0n) is 19.8. The molecule has 1 unspecified atom stereocenters. The van der Waals surface area contributed by atoms with E-state index < -0.39 is 23.2 Å². The second-order valence-corrected chi connectivity index (χ2v) is 9.40. The second kappa shape index (κ2) is 10.1. The van der Waals surface area contributed by atoms with E-state index in [4.69, 9.17) is 9.84 Å². The molecule has 2 amide bonds. The lowest BCUT2D eigenvalue weighted by atomic mass is 9.84. The van der Waals surface area contributed by atoms with Crippen LogP contribution in [0.3, 0.4) is 0 Å². The van der Waals surface area contributed by atoms with Crippen LogP contribution in [0.15, 0.2) is 24.3 Å². The number of benzene rings is 1. The standard InChI is InChI=1S/C24H35N3O5/c1-7-15(2)24(6,27-22(31)32-23(3,4)5)21(30)25-12-8-9-18-14-17-13-16(20(28)29)10-11-19(17)26-18/h10-11,13-15,26H,7-9,12H2,1-6H3,(H,25,30)(H,27,31)(H,28,29)/t15?,24-/m1/s1. The molecule has 1 aromatic heterocycles. The number of aromatic nitrogens is 1. The van der Waals surface area contributed by atoms with Gasteiger partial charge >= 0.3 is 12.1 Å². The first-order valence-electron chi connectivity index (χ1n) is 11.0. The van der Waals surface area contributed by atoms with E-state index in [1.165, 1.54) is 0 Å². The van der Waals surface area contributed by atoms with Crippen LogP contribution in [0.4, 0.5) is 4.79 Å². The Labute approximate surface area is 189 Å². The lowest BCUT2D eigenvalue weighted by Crippen LogP contribution is -2.61. The highest BCUT2D eigenvalue weighted by Crippen LogP contribution is 2.22. The van der Waals surface area contributed by atoms with Gasteiger partial charge in [0, 0.05) is 23.1 Å². The van der Waals surface area contributed by atoms with Crippen molar-refractivity contribution in [3.8, 4) is 0 Å². The van der Waals surface area contributed by atoms with E-state index in [0.29, 0.717) is 25.8 Å². The fourth-order valence-corrected chi connectivity index (χ4v) is 3.45. The highest BCUT2D eigenvalue weighted by atomic mass is 16.6. The molecule has 0 radical (unpaired) electrons. The maximum Gasteiger partial charge on any atom is 0.408 e. The number of hydrogen-bond acceptors (Lipinski definition) is 4. The molecule has 0 aliphatic carbocycles. The molecule has 0 aliphatic heterocycles. The normalized spacial score (nSPS) is 14.4. The summed E-state index contributed by atoms with van der Waals surface area (Å²) in [7, 11) is 0. The predicted octanol–water partition coefficient (Wildman–Crippen LogP) is 4.24. The molecule has 0 spiro atoms. The summed E-state index contributed by atoms with van der Waals surface area (Å²) in [6, 6.07) is 6.89. The number of carboxylic acid groups (broad SMARTS) is 1. The molecule has 32 heavy (non-hydrogen) atoms. The minimum Gasteiger partial charge on any atom is -0.478 e. The summed E-state index contributed by atoms with van der Waals surface area (Å²) in [5.74, 6) is -1.30. The maximum absolute atomic E-state index is 13.0. The molecule has 0 saturated carbocycles. The van der Waals surface area contributed by atoms with Gasteiger partial charge in [0.15, 0.2) is 0 Å². The van der Waals surface area contributed by atoms with Crippen LogP contribution in [0.5, 0.6) is 0 Å². The zero-order chi connectivity index (χ0) is 24.1. The SMILES string of the molecule is CCC(C)[C@@](C)(NC(=O)OC(C)(C)C)C(=O)NCCCc1cc2cc(C(=O)O)ccc2[nH]1. The predicted molar refractivity (Wildman–Crippen MR) is 124 cm³/mol. The Hall–Kier alpha value is -3.03. The number of alkyl carbamates (subject to hydrolysis) is 1. The number of ether oxygens (including phenoxy) is 1. The third-order valence-electron chi connectivity index (χ3n) is 5.66. The number of aryl methyl sites for hydroxylation is 1. The number of amides is 2.